The van der Waals surface area contributed by atoms with Crippen molar-refractivity contribution in [1.29, 1.82) is 0 Å². The fraction of sp³-hybridized carbons (Fsp3) is 0.500. The SMILES string of the molecule is COC(=O)N1C(=O)[C@H]2[C@H](CC=C3[C@H]2C[C@@]2(Cl)C(=O)N(C)C(=O)[C@@]2(Cl)[C@H]3c2ccc(CO)o2)C1=O. The number of hydrogen-bond donors (Lipinski definition) is 1. The van der Waals surface area contributed by atoms with Crippen LogP contribution < -0.4 is 0 Å². The van der Waals surface area contributed by atoms with Crippen molar-refractivity contribution in [2.75, 3.05) is 14.2 Å². The van der Waals surface area contributed by atoms with E-state index in [-0.39, 0.29) is 24.4 Å². The lowest BCUT2D eigenvalue weighted by molar-refractivity contribution is -0.139. The number of likely N-dealkylation sites (tertiary alicyclic amines) is 2. The van der Waals surface area contributed by atoms with Crippen molar-refractivity contribution < 1.29 is 38.2 Å². The Labute approximate surface area is 203 Å². The summed E-state index contributed by atoms with van der Waals surface area (Å²) in [6.45, 7) is -0.408. The maximum absolute atomic E-state index is 13.3. The number of hydrogen-bond acceptors (Lipinski definition) is 8. The van der Waals surface area contributed by atoms with Gasteiger partial charge in [0.25, 0.3) is 11.8 Å². The molecule has 12 heteroatoms. The van der Waals surface area contributed by atoms with E-state index in [0.717, 1.165) is 12.0 Å². The van der Waals surface area contributed by atoms with Crippen molar-refractivity contribution in [2.24, 2.45) is 17.8 Å². The van der Waals surface area contributed by atoms with Gasteiger partial charge in [0.2, 0.25) is 11.8 Å². The number of fused-ring (bicyclic) bond motifs is 4. The van der Waals surface area contributed by atoms with Crippen LogP contribution in [0.25, 0.3) is 0 Å². The Morgan fingerprint density at radius 3 is 2.50 bits per heavy atom. The average molecular weight is 511 g/mol. The van der Waals surface area contributed by atoms with Crippen LogP contribution in [0.2, 0.25) is 0 Å². The number of methoxy groups -OCH3 is 1. The van der Waals surface area contributed by atoms with E-state index in [1.54, 1.807) is 6.08 Å². The molecular formula is C22H20Cl2N2O8. The van der Waals surface area contributed by atoms with E-state index in [9.17, 15) is 29.1 Å². The standard InChI is InChI=1S/C22H20Cl2N2O8/c1-25-18(30)21(23)7-12-10(4-5-11-14(12)17(29)26(16(11)28)20(32)33-2)15(22(21,24)19(25)31)13-6-3-9(8-27)34-13/h3-4,6,11-12,14-15,27H,5,7-8H2,1-2H3/t11-,12+,14-,15+,21+,22-/m0/s1. The number of furan rings is 1. The zero-order chi connectivity index (χ0) is 24.7. The summed E-state index contributed by atoms with van der Waals surface area (Å²) in [5, 5.41) is 9.48. The van der Waals surface area contributed by atoms with E-state index >= 15 is 0 Å². The summed E-state index contributed by atoms with van der Waals surface area (Å²) < 4.78 is 10.4. The molecule has 5 amide bonds. The molecule has 180 valence electrons. The quantitative estimate of drug-likeness (QED) is 0.359. The highest BCUT2D eigenvalue weighted by molar-refractivity contribution is 6.53. The molecule has 4 aliphatic rings. The predicted octanol–water partition coefficient (Wildman–Crippen LogP) is 1.53. The fourth-order valence-corrected chi connectivity index (χ4v) is 6.96. The molecule has 6 atom stereocenters. The molecule has 1 saturated carbocycles. The summed E-state index contributed by atoms with van der Waals surface area (Å²) in [5.74, 6) is -6.15. The Hall–Kier alpha value is -2.69. The topological polar surface area (TPSA) is 134 Å². The van der Waals surface area contributed by atoms with Crippen LogP contribution in [0.4, 0.5) is 4.79 Å². The van der Waals surface area contributed by atoms with Crippen LogP contribution in [0, 0.1) is 17.8 Å². The summed E-state index contributed by atoms with van der Waals surface area (Å²) in [4.78, 5) is 62.3. The van der Waals surface area contributed by atoms with Crippen molar-refractivity contribution in [1.82, 2.24) is 9.80 Å². The van der Waals surface area contributed by atoms with E-state index in [1.165, 1.54) is 19.2 Å². The molecule has 3 fully saturated rings. The molecule has 5 rings (SSSR count). The van der Waals surface area contributed by atoms with Crippen LogP contribution in [0.3, 0.4) is 0 Å². The van der Waals surface area contributed by atoms with Crippen molar-refractivity contribution in [3.8, 4) is 0 Å². The number of imide groups is 4. The first-order valence-corrected chi connectivity index (χ1v) is 11.3. The molecule has 0 spiro atoms. The number of aliphatic hydroxyl groups is 1. The minimum Gasteiger partial charge on any atom is -0.463 e. The highest BCUT2D eigenvalue weighted by atomic mass is 35.5. The normalized spacial score (nSPS) is 36.9. The predicted molar refractivity (Wildman–Crippen MR) is 114 cm³/mol. The molecule has 1 aromatic heterocycles. The maximum Gasteiger partial charge on any atom is 0.423 e. The minimum atomic E-state index is -1.96. The summed E-state index contributed by atoms with van der Waals surface area (Å²) in [7, 11) is 2.34. The Bertz CT molecular complexity index is 1190. The second-order valence-electron chi connectivity index (χ2n) is 8.94. The number of amides is 5. The smallest absolute Gasteiger partial charge is 0.423 e. The summed E-state index contributed by atoms with van der Waals surface area (Å²) in [6, 6.07) is 3.04. The van der Waals surface area contributed by atoms with Gasteiger partial charge in [0.15, 0.2) is 9.75 Å². The van der Waals surface area contributed by atoms with Gasteiger partial charge in [0.05, 0.1) is 24.9 Å². The Kier molecular flexibility index (Phi) is 5.02. The van der Waals surface area contributed by atoms with E-state index in [4.69, 9.17) is 27.6 Å². The molecule has 10 nitrogen and oxygen atoms in total. The van der Waals surface area contributed by atoms with Gasteiger partial charge in [-0.2, -0.15) is 4.90 Å². The summed E-state index contributed by atoms with van der Waals surface area (Å²) >= 11 is 13.9. The molecule has 34 heavy (non-hydrogen) atoms. The molecule has 0 radical (unpaired) electrons. The van der Waals surface area contributed by atoms with Gasteiger partial charge in [0.1, 0.15) is 18.1 Å². The molecule has 1 aromatic rings. The molecule has 3 heterocycles. The number of ether oxygens (including phenoxy) is 1. The highest BCUT2D eigenvalue weighted by Gasteiger charge is 2.76. The summed E-state index contributed by atoms with van der Waals surface area (Å²) in [6.07, 6.45) is 0.535. The van der Waals surface area contributed by atoms with Crippen LogP contribution >= 0.6 is 23.2 Å². The third-order valence-electron chi connectivity index (χ3n) is 7.49. The number of nitrogens with zero attached hydrogens (tertiary/aromatic N) is 2. The molecule has 0 bridgehead atoms. The molecule has 0 unspecified atom stereocenters. The zero-order valence-electron chi connectivity index (χ0n) is 18.1. The molecule has 0 aromatic carbocycles. The monoisotopic (exact) mass is 510 g/mol. The van der Waals surface area contributed by atoms with Gasteiger partial charge >= 0.3 is 6.09 Å². The third kappa shape index (κ3) is 2.59. The Balaban J connectivity index is 1.69. The molecule has 1 N–H and O–H groups in total. The molecule has 2 saturated heterocycles. The van der Waals surface area contributed by atoms with Gasteiger partial charge in [0, 0.05) is 7.05 Å². The maximum atomic E-state index is 13.3. The number of carbonyl (C=O) groups is 5. The summed E-state index contributed by atoms with van der Waals surface area (Å²) in [5.41, 5.74) is 0.524. The van der Waals surface area contributed by atoms with E-state index in [2.05, 4.69) is 4.74 Å². The van der Waals surface area contributed by atoms with Gasteiger partial charge in [-0.3, -0.25) is 24.1 Å². The molecule has 2 aliphatic carbocycles. The minimum absolute atomic E-state index is 0.110. The van der Waals surface area contributed by atoms with Crippen LogP contribution in [0.15, 0.2) is 28.2 Å². The lowest BCUT2D eigenvalue weighted by Gasteiger charge is -2.49. The first-order valence-electron chi connectivity index (χ1n) is 10.6. The lowest BCUT2D eigenvalue weighted by atomic mass is 9.57. The number of rotatable bonds is 2. The average Bonchev–Trinajstić information content (AvgIpc) is 3.43. The van der Waals surface area contributed by atoms with E-state index < -0.39 is 69.7 Å². The van der Waals surface area contributed by atoms with Gasteiger partial charge in [-0.05, 0) is 30.9 Å². The number of aliphatic hydroxyl groups excluding tert-OH is 1. The zero-order valence-corrected chi connectivity index (χ0v) is 19.6. The first-order chi connectivity index (χ1) is 16.0. The molecular weight excluding hydrogens is 491 g/mol. The Morgan fingerprint density at radius 1 is 1.18 bits per heavy atom. The van der Waals surface area contributed by atoms with Gasteiger partial charge < -0.3 is 14.3 Å². The lowest BCUT2D eigenvalue weighted by Crippen LogP contribution is -2.60. The van der Waals surface area contributed by atoms with Crippen molar-refractivity contribution >= 4 is 52.9 Å². The van der Waals surface area contributed by atoms with Gasteiger partial charge in [-0.15, -0.1) is 23.2 Å². The Morgan fingerprint density at radius 2 is 1.88 bits per heavy atom. The van der Waals surface area contributed by atoms with Crippen molar-refractivity contribution in [3.05, 3.63) is 35.3 Å². The first kappa shape index (κ1) is 23.1. The number of halogens is 2. The second kappa shape index (κ2) is 7.40. The number of alkyl halides is 2. The van der Waals surface area contributed by atoms with E-state index in [0.29, 0.717) is 10.5 Å². The number of allylic oxidation sites excluding steroid dienone is 2. The van der Waals surface area contributed by atoms with Crippen LogP contribution in [-0.2, 0) is 30.5 Å². The number of carbonyl (C=O) groups excluding carboxylic acids is 5. The van der Waals surface area contributed by atoms with Crippen LogP contribution in [-0.4, -0.2) is 68.5 Å². The van der Waals surface area contributed by atoms with Gasteiger partial charge in [-0.1, -0.05) is 11.6 Å². The third-order valence-corrected chi connectivity index (χ3v) is 8.91. The van der Waals surface area contributed by atoms with Gasteiger partial charge in [-0.25, -0.2) is 4.79 Å². The molecule has 2 aliphatic heterocycles. The largest absolute Gasteiger partial charge is 0.463 e. The fourth-order valence-electron chi connectivity index (χ4n) is 5.96. The van der Waals surface area contributed by atoms with Crippen molar-refractivity contribution in [2.45, 2.75) is 35.1 Å². The second-order valence-corrected chi connectivity index (χ2v) is 10.2. The van der Waals surface area contributed by atoms with Crippen molar-refractivity contribution in [3.63, 3.8) is 0 Å². The van der Waals surface area contributed by atoms with Crippen LogP contribution in [0.1, 0.15) is 30.3 Å². The van der Waals surface area contributed by atoms with Crippen LogP contribution in [0.5, 0.6) is 0 Å². The highest BCUT2D eigenvalue weighted by Crippen LogP contribution is 2.65. The van der Waals surface area contributed by atoms with E-state index in [1.807, 2.05) is 0 Å².